The lowest BCUT2D eigenvalue weighted by Gasteiger charge is -2.19. The second-order valence-electron chi connectivity index (χ2n) is 8.48. The van der Waals surface area contributed by atoms with Crippen LogP contribution in [0.5, 0.6) is 34.5 Å². The summed E-state index contributed by atoms with van der Waals surface area (Å²) >= 11 is 0. The molecule has 0 atom stereocenters. The zero-order chi connectivity index (χ0) is 27.6. The minimum atomic E-state index is -1.14. The molecule has 8 heteroatoms. The fraction of sp³-hybridized carbons (Fsp3) is 0.194. The van der Waals surface area contributed by atoms with Crippen molar-refractivity contribution in [2.45, 2.75) is 19.8 Å². The first-order chi connectivity index (χ1) is 19.0. The normalized spacial score (nSPS) is 10.4. The van der Waals surface area contributed by atoms with Crippen molar-refractivity contribution in [3.8, 4) is 34.5 Å². The molecule has 0 aliphatic heterocycles. The van der Waals surface area contributed by atoms with Gasteiger partial charge in [0.25, 0.3) is 0 Å². The lowest BCUT2D eigenvalue weighted by atomic mass is 10.1. The van der Waals surface area contributed by atoms with Gasteiger partial charge < -0.3 is 33.5 Å². The smallest absolute Gasteiger partial charge is 0.339 e. The molecule has 0 aliphatic rings. The minimum absolute atomic E-state index is 0.0370. The van der Waals surface area contributed by atoms with E-state index in [2.05, 4.69) is 0 Å². The largest absolute Gasteiger partial charge is 0.497 e. The van der Waals surface area contributed by atoms with E-state index in [4.69, 9.17) is 28.4 Å². The third kappa shape index (κ3) is 7.13. The van der Waals surface area contributed by atoms with Crippen LogP contribution in [0.2, 0.25) is 0 Å². The molecule has 0 fully saturated rings. The topological polar surface area (TPSA) is 92.7 Å². The summed E-state index contributed by atoms with van der Waals surface area (Å²) in [6, 6.07) is 25.2. The molecule has 0 saturated carbocycles. The maximum absolute atomic E-state index is 12.1. The van der Waals surface area contributed by atoms with Crippen LogP contribution in [0.25, 0.3) is 0 Å². The van der Waals surface area contributed by atoms with E-state index in [9.17, 15) is 9.90 Å². The molecule has 4 aromatic carbocycles. The molecular formula is C31H30O8. The van der Waals surface area contributed by atoms with Gasteiger partial charge in [-0.3, -0.25) is 0 Å². The SMILES string of the molecule is COc1ccc(COc2ccc(C(=O)O)c(OCc3ccc(OC)cc3)c2OCc2ccc(OC)cc2)cc1. The number of carboxylic acid groups (broad SMARTS) is 1. The number of hydrogen-bond acceptors (Lipinski definition) is 7. The average molecular weight is 531 g/mol. The van der Waals surface area contributed by atoms with Crippen molar-refractivity contribution in [1.82, 2.24) is 0 Å². The summed E-state index contributed by atoms with van der Waals surface area (Å²) in [7, 11) is 4.80. The van der Waals surface area contributed by atoms with E-state index >= 15 is 0 Å². The number of methoxy groups -OCH3 is 3. The zero-order valence-corrected chi connectivity index (χ0v) is 22.0. The van der Waals surface area contributed by atoms with Crippen LogP contribution in [-0.4, -0.2) is 32.4 Å². The molecule has 4 aromatic rings. The molecule has 0 spiro atoms. The van der Waals surface area contributed by atoms with Crippen LogP contribution in [0.15, 0.2) is 84.9 Å². The fourth-order valence-electron chi connectivity index (χ4n) is 3.74. The molecule has 0 saturated heterocycles. The highest BCUT2D eigenvalue weighted by atomic mass is 16.5. The van der Waals surface area contributed by atoms with E-state index < -0.39 is 5.97 Å². The molecule has 1 N–H and O–H groups in total. The molecule has 0 aliphatic carbocycles. The quantitative estimate of drug-likeness (QED) is 0.220. The zero-order valence-electron chi connectivity index (χ0n) is 22.0. The first kappa shape index (κ1) is 27.2. The van der Waals surface area contributed by atoms with Crippen LogP contribution in [-0.2, 0) is 19.8 Å². The van der Waals surface area contributed by atoms with Crippen LogP contribution in [0, 0.1) is 0 Å². The van der Waals surface area contributed by atoms with Gasteiger partial charge in [-0.15, -0.1) is 0 Å². The Morgan fingerprint density at radius 1 is 0.538 bits per heavy atom. The number of carboxylic acids is 1. The standard InChI is InChI=1S/C31H30O8/c1-34-24-10-4-21(5-11-24)18-37-28-17-16-27(31(32)33)29(38-19-22-6-12-25(35-2)13-7-22)30(28)39-20-23-8-14-26(36-3)15-9-23/h4-17H,18-20H2,1-3H3,(H,32,33). The molecular weight excluding hydrogens is 500 g/mol. The molecule has 202 valence electrons. The highest BCUT2D eigenvalue weighted by Gasteiger charge is 2.22. The van der Waals surface area contributed by atoms with Crippen molar-refractivity contribution in [2.24, 2.45) is 0 Å². The van der Waals surface area contributed by atoms with Crippen LogP contribution in [0.4, 0.5) is 0 Å². The second kappa shape index (κ2) is 13.1. The summed E-state index contributed by atoms with van der Waals surface area (Å²) in [5.41, 5.74) is 2.56. The second-order valence-corrected chi connectivity index (χ2v) is 8.48. The maximum atomic E-state index is 12.1. The summed E-state index contributed by atoms with van der Waals surface area (Å²) in [6.07, 6.45) is 0. The molecule has 8 nitrogen and oxygen atoms in total. The number of ether oxygens (including phenoxy) is 6. The summed E-state index contributed by atoms with van der Waals surface area (Å²) in [4.78, 5) is 12.1. The Morgan fingerprint density at radius 3 is 1.31 bits per heavy atom. The van der Waals surface area contributed by atoms with E-state index in [1.807, 2.05) is 72.8 Å². The van der Waals surface area contributed by atoms with Crippen LogP contribution in [0.3, 0.4) is 0 Å². The van der Waals surface area contributed by atoms with Crippen molar-refractivity contribution in [3.05, 3.63) is 107 Å². The first-order valence-corrected chi connectivity index (χ1v) is 12.2. The highest BCUT2D eigenvalue weighted by molar-refractivity contribution is 5.92. The van der Waals surface area contributed by atoms with Gasteiger partial charge in [0.15, 0.2) is 11.5 Å². The van der Waals surface area contributed by atoms with Gasteiger partial charge in [0, 0.05) is 0 Å². The third-order valence-electron chi connectivity index (χ3n) is 5.94. The van der Waals surface area contributed by atoms with Gasteiger partial charge in [0.1, 0.15) is 42.6 Å². The van der Waals surface area contributed by atoms with Crippen molar-refractivity contribution in [3.63, 3.8) is 0 Å². The van der Waals surface area contributed by atoms with Crippen LogP contribution < -0.4 is 28.4 Å². The summed E-state index contributed by atoms with van der Waals surface area (Å²) < 4.78 is 34.0. The number of aromatic carboxylic acids is 1. The van der Waals surface area contributed by atoms with Gasteiger partial charge in [0.2, 0.25) is 5.75 Å². The molecule has 4 rings (SSSR count). The monoisotopic (exact) mass is 530 g/mol. The van der Waals surface area contributed by atoms with Crippen LogP contribution >= 0.6 is 0 Å². The molecule has 0 amide bonds. The average Bonchev–Trinajstić information content (AvgIpc) is 2.98. The first-order valence-electron chi connectivity index (χ1n) is 12.2. The Bertz CT molecular complexity index is 1360. The fourth-order valence-corrected chi connectivity index (χ4v) is 3.74. The van der Waals surface area contributed by atoms with E-state index in [1.165, 1.54) is 6.07 Å². The van der Waals surface area contributed by atoms with Crippen molar-refractivity contribution in [1.29, 1.82) is 0 Å². The minimum Gasteiger partial charge on any atom is -0.497 e. The lowest BCUT2D eigenvalue weighted by Crippen LogP contribution is -2.08. The van der Waals surface area contributed by atoms with E-state index in [1.54, 1.807) is 27.4 Å². The van der Waals surface area contributed by atoms with Crippen molar-refractivity contribution < 1.29 is 38.3 Å². The van der Waals surface area contributed by atoms with Crippen molar-refractivity contribution in [2.75, 3.05) is 21.3 Å². The van der Waals surface area contributed by atoms with Gasteiger partial charge in [-0.25, -0.2) is 4.79 Å². The Morgan fingerprint density at radius 2 is 0.923 bits per heavy atom. The molecule has 0 aromatic heterocycles. The number of hydrogen-bond donors (Lipinski definition) is 1. The highest BCUT2D eigenvalue weighted by Crippen LogP contribution is 2.42. The van der Waals surface area contributed by atoms with Gasteiger partial charge in [-0.1, -0.05) is 36.4 Å². The maximum Gasteiger partial charge on any atom is 0.339 e. The lowest BCUT2D eigenvalue weighted by molar-refractivity contribution is 0.0690. The van der Waals surface area contributed by atoms with Gasteiger partial charge in [-0.2, -0.15) is 0 Å². The van der Waals surface area contributed by atoms with Gasteiger partial charge >= 0.3 is 5.97 Å². The number of rotatable bonds is 13. The Kier molecular flexibility index (Phi) is 9.13. The van der Waals surface area contributed by atoms with E-state index in [0.717, 1.165) is 28.2 Å². The molecule has 0 unspecified atom stereocenters. The summed E-state index contributed by atoms with van der Waals surface area (Å²) in [5, 5.41) is 9.93. The molecule has 0 heterocycles. The summed E-state index contributed by atoms with van der Waals surface area (Å²) in [5.74, 6) is 1.67. The Balaban J connectivity index is 1.64. The number of carbonyl (C=O) groups is 1. The predicted octanol–water partition coefficient (Wildman–Crippen LogP) is 6.15. The van der Waals surface area contributed by atoms with Crippen LogP contribution in [0.1, 0.15) is 27.0 Å². The Labute approximate surface area is 227 Å². The van der Waals surface area contributed by atoms with E-state index in [-0.39, 0.29) is 36.9 Å². The van der Waals surface area contributed by atoms with E-state index in [0.29, 0.717) is 11.5 Å². The van der Waals surface area contributed by atoms with Gasteiger partial charge in [-0.05, 0) is 65.2 Å². The molecule has 0 radical (unpaired) electrons. The molecule has 39 heavy (non-hydrogen) atoms. The van der Waals surface area contributed by atoms with Crippen molar-refractivity contribution >= 4 is 5.97 Å². The molecule has 0 bridgehead atoms. The third-order valence-corrected chi connectivity index (χ3v) is 5.94. The summed E-state index contributed by atoms with van der Waals surface area (Å²) in [6.45, 7) is 0.503. The van der Waals surface area contributed by atoms with Gasteiger partial charge in [0.05, 0.1) is 21.3 Å². The Hall–Kier alpha value is -4.85. The number of benzene rings is 4. The predicted molar refractivity (Wildman–Crippen MR) is 145 cm³/mol.